The van der Waals surface area contributed by atoms with E-state index in [-0.39, 0.29) is 53.8 Å². The zero-order valence-electron chi connectivity index (χ0n) is 21.7. The predicted molar refractivity (Wildman–Crippen MR) is 140 cm³/mol. The van der Waals surface area contributed by atoms with Crippen molar-refractivity contribution < 1.29 is 27.9 Å². The number of aryl methyl sites for hydroxylation is 1. The second kappa shape index (κ2) is 10.8. The van der Waals surface area contributed by atoms with Crippen LogP contribution in [0.3, 0.4) is 0 Å². The number of nitrogens with one attached hydrogen (secondary N) is 1. The molecule has 0 unspecified atom stereocenters. The topological polar surface area (TPSA) is 116 Å². The van der Waals surface area contributed by atoms with Gasteiger partial charge in [0.15, 0.2) is 0 Å². The van der Waals surface area contributed by atoms with Gasteiger partial charge in [0.2, 0.25) is 15.9 Å². The maximum Gasteiger partial charge on any atom is 0.258 e. The summed E-state index contributed by atoms with van der Waals surface area (Å²) in [6.45, 7) is 5.66. The van der Waals surface area contributed by atoms with Crippen molar-refractivity contribution in [3.05, 3.63) is 53.6 Å². The molecule has 1 aliphatic heterocycles. The molecule has 2 aliphatic rings. The molecule has 0 saturated heterocycles. The summed E-state index contributed by atoms with van der Waals surface area (Å²) in [5.74, 6) is -0.312. The van der Waals surface area contributed by atoms with E-state index in [1.807, 2.05) is 13.8 Å². The first-order chi connectivity index (χ1) is 17.5. The molecule has 1 saturated carbocycles. The molecule has 200 valence electrons. The van der Waals surface area contributed by atoms with Crippen LogP contribution in [0, 0.1) is 18.8 Å². The highest BCUT2D eigenvalue weighted by atomic mass is 32.2. The number of hydrogen-bond donors (Lipinski definition) is 2. The van der Waals surface area contributed by atoms with Crippen LogP contribution in [0.15, 0.2) is 47.4 Å². The van der Waals surface area contributed by atoms with Crippen molar-refractivity contribution >= 4 is 27.5 Å². The third-order valence-electron chi connectivity index (χ3n) is 7.05. The van der Waals surface area contributed by atoms with Gasteiger partial charge in [0.25, 0.3) is 5.91 Å². The number of ether oxygens (including phenoxy) is 1. The van der Waals surface area contributed by atoms with Gasteiger partial charge >= 0.3 is 0 Å². The molecule has 9 nitrogen and oxygen atoms in total. The minimum absolute atomic E-state index is 0.0103. The highest BCUT2D eigenvalue weighted by molar-refractivity contribution is 7.89. The van der Waals surface area contributed by atoms with Gasteiger partial charge in [-0.2, -0.15) is 4.31 Å². The molecular weight excluding hydrogens is 494 g/mol. The zero-order chi connectivity index (χ0) is 26.9. The highest BCUT2D eigenvalue weighted by Gasteiger charge is 2.36. The lowest BCUT2D eigenvalue weighted by Gasteiger charge is -2.38. The van der Waals surface area contributed by atoms with Crippen molar-refractivity contribution in [3.63, 3.8) is 0 Å². The first-order valence-corrected chi connectivity index (χ1v) is 14.0. The number of aliphatic hydroxyl groups excluding tert-OH is 1. The molecule has 3 atom stereocenters. The Morgan fingerprint density at radius 1 is 1.22 bits per heavy atom. The first kappa shape index (κ1) is 27.1. The van der Waals surface area contributed by atoms with E-state index in [1.54, 1.807) is 54.3 Å². The lowest BCUT2D eigenvalue weighted by atomic mass is 9.99. The van der Waals surface area contributed by atoms with Gasteiger partial charge in [-0.15, -0.1) is 0 Å². The SMILES string of the molecule is Cc1ccc(S(=O)(=O)N(C)C[C@H]2Oc3ccc(NC(=O)C4CC4)cc3C(=O)N([C@H](C)CO)C[C@H]2C)cc1. The normalized spacial score (nSPS) is 21.0. The quantitative estimate of drug-likeness (QED) is 0.543. The third-order valence-corrected chi connectivity index (χ3v) is 8.88. The lowest BCUT2D eigenvalue weighted by molar-refractivity contribution is -0.117. The molecule has 2 aromatic carbocycles. The summed E-state index contributed by atoms with van der Waals surface area (Å²) in [7, 11) is -2.24. The monoisotopic (exact) mass is 529 g/mol. The van der Waals surface area contributed by atoms with Gasteiger partial charge in [0.05, 0.1) is 29.7 Å². The Morgan fingerprint density at radius 2 is 1.89 bits per heavy atom. The van der Waals surface area contributed by atoms with Gasteiger partial charge in [0.1, 0.15) is 11.9 Å². The summed E-state index contributed by atoms with van der Waals surface area (Å²) in [5, 5.41) is 12.7. The van der Waals surface area contributed by atoms with E-state index in [4.69, 9.17) is 4.74 Å². The molecular formula is C27H35N3O6S. The molecule has 2 amide bonds. The second-order valence-electron chi connectivity index (χ2n) is 10.2. The van der Waals surface area contributed by atoms with E-state index in [9.17, 15) is 23.1 Å². The molecule has 37 heavy (non-hydrogen) atoms. The van der Waals surface area contributed by atoms with Crippen LogP contribution in [0.2, 0.25) is 0 Å². The molecule has 1 heterocycles. The van der Waals surface area contributed by atoms with Crippen LogP contribution in [0.1, 0.15) is 42.6 Å². The molecule has 1 aliphatic carbocycles. The molecule has 0 aromatic heterocycles. The number of hydrogen-bond acceptors (Lipinski definition) is 6. The van der Waals surface area contributed by atoms with Crippen molar-refractivity contribution in [1.82, 2.24) is 9.21 Å². The first-order valence-electron chi connectivity index (χ1n) is 12.6. The van der Waals surface area contributed by atoms with Crippen molar-refractivity contribution in [3.8, 4) is 5.75 Å². The molecule has 4 rings (SSSR count). The van der Waals surface area contributed by atoms with Crippen LogP contribution >= 0.6 is 0 Å². The minimum Gasteiger partial charge on any atom is -0.488 e. The average Bonchev–Trinajstić information content (AvgIpc) is 3.72. The smallest absolute Gasteiger partial charge is 0.258 e. The Bertz CT molecular complexity index is 1260. The number of carbonyl (C=O) groups is 2. The summed E-state index contributed by atoms with van der Waals surface area (Å²) in [6.07, 6.45) is 1.15. The molecule has 10 heteroatoms. The van der Waals surface area contributed by atoms with Gasteiger partial charge in [0, 0.05) is 31.1 Å². The molecule has 0 radical (unpaired) electrons. The zero-order valence-corrected chi connectivity index (χ0v) is 22.5. The highest BCUT2D eigenvalue weighted by Crippen LogP contribution is 2.33. The number of nitrogens with zero attached hydrogens (tertiary/aromatic N) is 2. The van der Waals surface area contributed by atoms with Crippen LogP contribution < -0.4 is 10.1 Å². The number of fused-ring (bicyclic) bond motifs is 1. The molecule has 0 spiro atoms. The van der Waals surface area contributed by atoms with E-state index in [0.717, 1.165) is 18.4 Å². The summed E-state index contributed by atoms with van der Waals surface area (Å²) in [5.41, 5.74) is 1.72. The van der Waals surface area contributed by atoms with E-state index in [0.29, 0.717) is 11.4 Å². The van der Waals surface area contributed by atoms with Gasteiger partial charge < -0.3 is 20.1 Å². The van der Waals surface area contributed by atoms with Gasteiger partial charge in [-0.25, -0.2) is 8.42 Å². The predicted octanol–water partition coefficient (Wildman–Crippen LogP) is 2.88. The number of aliphatic hydroxyl groups is 1. The van der Waals surface area contributed by atoms with Crippen LogP contribution in [0.25, 0.3) is 0 Å². The van der Waals surface area contributed by atoms with Crippen LogP contribution in [0.4, 0.5) is 5.69 Å². The van der Waals surface area contributed by atoms with E-state index < -0.39 is 22.2 Å². The average molecular weight is 530 g/mol. The summed E-state index contributed by atoms with van der Waals surface area (Å²) in [4.78, 5) is 27.6. The fourth-order valence-corrected chi connectivity index (χ4v) is 5.53. The number of amides is 2. The number of rotatable bonds is 8. The fourth-order valence-electron chi connectivity index (χ4n) is 4.35. The maximum atomic E-state index is 13.5. The lowest BCUT2D eigenvalue weighted by Crippen LogP contribution is -2.50. The van der Waals surface area contributed by atoms with E-state index in [2.05, 4.69) is 5.32 Å². The van der Waals surface area contributed by atoms with Crippen LogP contribution in [-0.4, -0.2) is 73.4 Å². The summed E-state index contributed by atoms with van der Waals surface area (Å²) in [6, 6.07) is 11.1. The summed E-state index contributed by atoms with van der Waals surface area (Å²) >= 11 is 0. The third kappa shape index (κ3) is 5.97. The maximum absolute atomic E-state index is 13.5. The Labute approximate surface area is 218 Å². The Balaban J connectivity index is 1.64. The summed E-state index contributed by atoms with van der Waals surface area (Å²) < 4.78 is 34.0. The molecule has 1 fully saturated rings. The number of carbonyl (C=O) groups excluding carboxylic acids is 2. The minimum atomic E-state index is -3.76. The fraction of sp³-hybridized carbons (Fsp3) is 0.481. The van der Waals surface area contributed by atoms with Crippen LogP contribution in [0.5, 0.6) is 5.75 Å². The number of sulfonamides is 1. The Morgan fingerprint density at radius 3 is 2.51 bits per heavy atom. The van der Waals surface area contributed by atoms with Gasteiger partial charge in [-0.1, -0.05) is 24.6 Å². The standard InChI is InChI=1S/C27H35N3O6S/c1-17-5-10-22(11-6-17)37(34,35)29(4)15-25-18(2)14-30(19(3)16-31)27(33)23-13-21(9-12-24(23)36-25)28-26(32)20-7-8-20/h5-6,9-13,18-20,25,31H,7-8,14-16H2,1-4H3,(H,28,32)/t18-,19-,25-/m1/s1. The molecule has 2 aromatic rings. The number of benzene rings is 2. The Kier molecular flexibility index (Phi) is 7.91. The van der Waals surface area contributed by atoms with Crippen molar-refractivity contribution in [2.75, 3.05) is 32.1 Å². The van der Waals surface area contributed by atoms with Crippen molar-refractivity contribution in [2.45, 2.75) is 50.7 Å². The Hall–Kier alpha value is -2.95. The van der Waals surface area contributed by atoms with E-state index in [1.165, 1.54) is 11.4 Å². The number of likely N-dealkylation sites (N-methyl/N-ethyl adjacent to an activating group) is 1. The van der Waals surface area contributed by atoms with Crippen LogP contribution in [-0.2, 0) is 14.8 Å². The van der Waals surface area contributed by atoms with Gasteiger partial charge in [-0.3, -0.25) is 9.59 Å². The van der Waals surface area contributed by atoms with Crippen molar-refractivity contribution in [1.29, 1.82) is 0 Å². The number of anilines is 1. The van der Waals surface area contributed by atoms with E-state index >= 15 is 0 Å². The molecule has 2 N–H and O–H groups in total. The molecule has 0 bridgehead atoms. The van der Waals surface area contributed by atoms with Gasteiger partial charge in [-0.05, 0) is 57.0 Å². The second-order valence-corrected chi connectivity index (χ2v) is 12.2. The largest absolute Gasteiger partial charge is 0.488 e. The van der Waals surface area contributed by atoms with Crippen molar-refractivity contribution in [2.24, 2.45) is 11.8 Å².